The number of anilines is 2. The van der Waals surface area contributed by atoms with Crippen molar-refractivity contribution >= 4 is 44.8 Å². The van der Waals surface area contributed by atoms with Crippen LogP contribution in [0.1, 0.15) is 21.5 Å². The van der Waals surface area contributed by atoms with Gasteiger partial charge in [-0.25, -0.2) is 0 Å². The Balaban J connectivity index is 2.36. The van der Waals surface area contributed by atoms with E-state index in [1.165, 1.54) is 0 Å². The number of rotatable bonds is 2. The van der Waals surface area contributed by atoms with Crippen molar-refractivity contribution in [3.63, 3.8) is 0 Å². The van der Waals surface area contributed by atoms with Crippen LogP contribution >= 0.6 is 27.5 Å². The Hall–Kier alpha value is -1.52. The predicted octanol–water partition coefficient (Wildman–Crippen LogP) is 4.55. The second kappa shape index (κ2) is 5.85. The van der Waals surface area contributed by atoms with Crippen molar-refractivity contribution in [1.29, 1.82) is 0 Å². The summed E-state index contributed by atoms with van der Waals surface area (Å²) in [5.74, 6) is -0.282. The van der Waals surface area contributed by atoms with Crippen LogP contribution in [0.2, 0.25) is 5.02 Å². The van der Waals surface area contributed by atoms with Gasteiger partial charge in [0, 0.05) is 4.47 Å². The lowest BCUT2D eigenvalue weighted by atomic mass is 10.1. The van der Waals surface area contributed by atoms with E-state index in [1.807, 2.05) is 26.0 Å². The molecule has 0 unspecified atom stereocenters. The number of hydrogen-bond donors (Lipinski definition) is 2. The number of amides is 1. The molecule has 0 heterocycles. The van der Waals surface area contributed by atoms with Gasteiger partial charge in [-0.3, -0.25) is 4.79 Å². The number of carbonyl (C=O) groups is 1. The van der Waals surface area contributed by atoms with Crippen molar-refractivity contribution in [2.24, 2.45) is 0 Å². The molecule has 104 valence electrons. The Bertz CT molecular complexity index is 663. The molecular formula is C15H14BrClN2O. The Labute approximate surface area is 131 Å². The van der Waals surface area contributed by atoms with Gasteiger partial charge in [0.2, 0.25) is 0 Å². The van der Waals surface area contributed by atoms with Gasteiger partial charge in [-0.1, -0.05) is 23.7 Å². The predicted molar refractivity (Wildman–Crippen MR) is 87.4 cm³/mol. The fraction of sp³-hybridized carbons (Fsp3) is 0.133. The molecule has 2 rings (SSSR count). The zero-order valence-corrected chi connectivity index (χ0v) is 13.5. The van der Waals surface area contributed by atoms with Crippen LogP contribution in [-0.2, 0) is 0 Å². The maximum absolute atomic E-state index is 12.3. The van der Waals surface area contributed by atoms with Crippen molar-refractivity contribution in [3.8, 4) is 0 Å². The average Bonchev–Trinajstić information content (AvgIpc) is 2.36. The number of carbonyl (C=O) groups excluding carboxylic acids is 1. The van der Waals surface area contributed by atoms with Crippen molar-refractivity contribution in [2.75, 3.05) is 11.1 Å². The highest BCUT2D eigenvalue weighted by Gasteiger charge is 2.15. The van der Waals surface area contributed by atoms with Gasteiger partial charge < -0.3 is 11.1 Å². The number of benzene rings is 2. The first-order valence-corrected chi connectivity index (χ1v) is 7.19. The van der Waals surface area contributed by atoms with E-state index in [-0.39, 0.29) is 5.91 Å². The number of nitrogens with two attached hydrogens (primary N) is 1. The van der Waals surface area contributed by atoms with Crippen LogP contribution < -0.4 is 11.1 Å². The Morgan fingerprint density at radius 2 is 2.00 bits per heavy atom. The van der Waals surface area contributed by atoms with E-state index in [0.717, 1.165) is 15.6 Å². The first-order valence-electron chi connectivity index (χ1n) is 6.02. The number of nitrogens with one attached hydrogen (secondary N) is 1. The molecule has 3 N–H and O–H groups in total. The number of halogens is 2. The summed E-state index contributed by atoms with van der Waals surface area (Å²) in [6, 6.07) is 9.03. The van der Waals surface area contributed by atoms with Crippen LogP contribution in [0.4, 0.5) is 11.4 Å². The van der Waals surface area contributed by atoms with Crippen LogP contribution in [0.5, 0.6) is 0 Å². The van der Waals surface area contributed by atoms with Crippen LogP contribution in [0, 0.1) is 13.8 Å². The molecule has 0 aliphatic heterocycles. The summed E-state index contributed by atoms with van der Waals surface area (Å²) in [5, 5.41) is 3.25. The summed E-state index contributed by atoms with van der Waals surface area (Å²) in [4.78, 5) is 12.3. The van der Waals surface area contributed by atoms with Gasteiger partial charge in [0.05, 0.1) is 22.0 Å². The summed E-state index contributed by atoms with van der Waals surface area (Å²) >= 11 is 9.56. The lowest BCUT2D eigenvalue weighted by Gasteiger charge is -2.12. The molecule has 0 radical (unpaired) electrons. The van der Waals surface area contributed by atoms with Gasteiger partial charge in [0.1, 0.15) is 0 Å². The molecule has 5 heteroatoms. The molecule has 0 atom stereocenters. The highest BCUT2D eigenvalue weighted by atomic mass is 79.9. The van der Waals surface area contributed by atoms with Crippen LogP contribution in [0.15, 0.2) is 34.8 Å². The summed E-state index contributed by atoms with van der Waals surface area (Å²) in [5.41, 5.74) is 9.30. The van der Waals surface area contributed by atoms with Gasteiger partial charge >= 0.3 is 0 Å². The maximum Gasteiger partial charge on any atom is 0.257 e. The molecule has 3 nitrogen and oxygen atoms in total. The molecular weight excluding hydrogens is 340 g/mol. The van der Waals surface area contributed by atoms with Crippen molar-refractivity contribution < 1.29 is 4.79 Å². The number of nitrogen functional groups attached to an aromatic ring is 1. The zero-order valence-electron chi connectivity index (χ0n) is 11.1. The summed E-state index contributed by atoms with van der Waals surface area (Å²) in [6.07, 6.45) is 0. The molecule has 0 saturated heterocycles. The van der Waals surface area contributed by atoms with Gasteiger partial charge in [-0.05, 0) is 59.1 Å². The Morgan fingerprint density at radius 1 is 1.30 bits per heavy atom. The van der Waals surface area contributed by atoms with Gasteiger partial charge in [0.15, 0.2) is 0 Å². The number of aryl methyl sites for hydroxylation is 2. The molecule has 2 aromatic carbocycles. The fourth-order valence-corrected chi connectivity index (χ4v) is 2.81. The molecule has 0 spiro atoms. The quantitative estimate of drug-likeness (QED) is 0.778. The molecule has 0 aromatic heterocycles. The smallest absolute Gasteiger partial charge is 0.257 e. The summed E-state index contributed by atoms with van der Waals surface area (Å²) in [7, 11) is 0. The zero-order chi connectivity index (χ0) is 14.9. The molecule has 2 aromatic rings. The summed E-state index contributed by atoms with van der Waals surface area (Å²) in [6.45, 7) is 3.79. The van der Waals surface area contributed by atoms with E-state index in [1.54, 1.807) is 18.2 Å². The minimum absolute atomic E-state index is 0.282. The number of hydrogen-bond acceptors (Lipinski definition) is 2. The van der Waals surface area contributed by atoms with E-state index >= 15 is 0 Å². The highest BCUT2D eigenvalue weighted by molar-refractivity contribution is 9.10. The molecule has 20 heavy (non-hydrogen) atoms. The molecule has 0 aliphatic carbocycles. The third kappa shape index (κ3) is 2.97. The Morgan fingerprint density at radius 3 is 2.65 bits per heavy atom. The lowest BCUT2D eigenvalue weighted by Crippen LogP contribution is -2.14. The topological polar surface area (TPSA) is 55.1 Å². The SMILES string of the molecule is Cc1cc(N)c(NC(=O)c2cccc(C)c2Cl)c(Br)c1. The molecule has 0 fully saturated rings. The minimum atomic E-state index is -0.282. The molecule has 1 amide bonds. The molecule has 0 bridgehead atoms. The monoisotopic (exact) mass is 352 g/mol. The van der Waals surface area contributed by atoms with Crippen molar-refractivity contribution in [2.45, 2.75) is 13.8 Å². The van der Waals surface area contributed by atoms with E-state index in [9.17, 15) is 4.79 Å². The third-order valence-electron chi connectivity index (χ3n) is 2.94. The summed E-state index contributed by atoms with van der Waals surface area (Å²) < 4.78 is 0.743. The Kier molecular flexibility index (Phi) is 4.35. The maximum atomic E-state index is 12.3. The van der Waals surface area contributed by atoms with E-state index in [4.69, 9.17) is 17.3 Å². The van der Waals surface area contributed by atoms with Crippen LogP contribution in [0.25, 0.3) is 0 Å². The second-order valence-electron chi connectivity index (χ2n) is 4.60. The molecule has 0 aliphatic rings. The van der Waals surface area contributed by atoms with Crippen molar-refractivity contribution in [1.82, 2.24) is 0 Å². The van der Waals surface area contributed by atoms with Gasteiger partial charge in [-0.2, -0.15) is 0 Å². The standard InChI is InChI=1S/C15H14BrClN2O/c1-8-6-11(16)14(12(18)7-8)19-15(20)10-5-3-4-9(2)13(10)17/h3-7H,18H2,1-2H3,(H,19,20). The minimum Gasteiger partial charge on any atom is -0.397 e. The normalized spacial score (nSPS) is 10.4. The second-order valence-corrected chi connectivity index (χ2v) is 5.83. The fourth-order valence-electron chi connectivity index (χ4n) is 1.90. The van der Waals surface area contributed by atoms with Gasteiger partial charge in [0.25, 0.3) is 5.91 Å². The average molecular weight is 354 g/mol. The third-order valence-corrected chi connectivity index (χ3v) is 4.07. The highest BCUT2D eigenvalue weighted by Crippen LogP contribution is 2.31. The van der Waals surface area contributed by atoms with Crippen LogP contribution in [-0.4, -0.2) is 5.91 Å². The van der Waals surface area contributed by atoms with E-state index < -0.39 is 0 Å². The van der Waals surface area contributed by atoms with E-state index in [2.05, 4.69) is 21.2 Å². The van der Waals surface area contributed by atoms with Gasteiger partial charge in [-0.15, -0.1) is 0 Å². The first-order chi connectivity index (χ1) is 9.40. The van der Waals surface area contributed by atoms with E-state index in [0.29, 0.717) is 22.0 Å². The lowest BCUT2D eigenvalue weighted by molar-refractivity contribution is 0.102. The van der Waals surface area contributed by atoms with Crippen LogP contribution in [0.3, 0.4) is 0 Å². The molecule has 0 saturated carbocycles. The van der Waals surface area contributed by atoms with Crippen molar-refractivity contribution in [3.05, 3.63) is 56.5 Å². The largest absolute Gasteiger partial charge is 0.397 e. The first kappa shape index (κ1) is 14.9.